The second kappa shape index (κ2) is 3.49. The summed E-state index contributed by atoms with van der Waals surface area (Å²) in [5.74, 6) is -0.937. The molecule has 0 aliphatic carbocycles. The van der Waals surface area contributed by atoms with Crippen LogP contribution >= 0.6 is 11.8 Å². The molecule has 0 radical (unpaired) electrons. The van der Waals surface area contributed by atoms with Crippen molar-refractivity contribution in [1.82, 2.24) is 0 Å². The van der Waals surface area contributed by atoms with Crippen molar-refractivity contribution < 1.29 is 18.3 Å². The Morgan fingerprint density at radius 2 is 2.33 bits per heavy atom. The quantitative estimate of drug-likeness (QED) is 0.713. The van der Waals surface area contributed by atoms with Gasteiger partial charge in [0.05, 0.1) is 11.5 Å². The number of carboxylic acid groups (broad SMARTS) is 1. The summed E-state index contributed by atoms with van der Waals surface area (Å²) in [5.41, 5.74) is 0. The molecule has 6 heteroatoms. The van der Waals surface area contributed by atoms with Crippen molar-refractivity contribution in [3.63, 3.8) is 0 Å². The van der Waals surface area contributed by atoms with Crippen molar-refractivity contribution in [3.05, 3.63) is 11.5 Å². The van der Waals surface area contributed by atoms with E-state index in [4.69, 9.17) is 5.11 Å². The highest BCUT2D eigenvalue weighted by Crippen LogP contribution is 2.20. The van der Waals surface area contributed by atoms with E-state index < -0.39 is 15.8 Å². The van der Waals surface area contributed by atoms with Crippen LogP contribution in [0.25, 0.3) is 0 Å². The van der Waals surface area contributed by atoms with Crippen molar-refractivity contribution in [3.8, 4) is 0 Å². The van der Waals surface area contributed by atoms with E-state index in [9.17, 15) is 13.2 Å². The van der Waals surface area contributed by atoms with E-state index in [1.807, 2.05) is 0 Å². The molecule has 0 fully saturated rings. The third-order valence-electron chi connectivity index (χ3n) is 1.32. The molecule has 0 bridgehead atoms. The molecular weight excluding hydrogens is 200 g/mol. The van der Waals surface area contributed by atoms with Crippen LogP contribution in [0.3, 0.4) is 0 Å². The van der Waals surface area contributed by atoms with Crippen LogP contribution in [-0.2, 0) is 14.6 Å². The lowest BCUT2D eigenvalue weighted by Crippen LogP contribution is -2.10. The van der Waals surface area contributed by atoms with Gasteiger partial charge in [0.1, 0.15) is 0 Å². The van der Waals surface area contributed by atoms with Crippen molar-refractivity contribution in [2.24, 2.45) is 0 Å². The highest BCUT2D eigenvalue weighted by molar-refractivity contribution is 8.03. The van der Waals surface area contributed by atoms with E-state index in [1.54, 1.807) is 0 Å². The zero-order valence-electron chi connectivity index (χ0n) is 6.13. The van der Waals surface area contributed by atoms with Gasteiger partial charge in [-0.05, 0) is 0 Å². The van der Waals surface area contributed by atoms with Gasteiger partial charge in [0.25, 0.3) is 0 Å². The number of aliphatic carboxylic acids is 1. The molecule has 1 atom stereocenters. The molecule has 1 aliphatic heterocycles. The summed E-state index contributed by atoms with van der Waals surface area (Å²) in [5, 5.41) is 9.27. The summed E-state index contributed by atoms with van der Waals surface area (Å²) in [6, 6.07) is 0. The fourth-order valence-corrected chi connectivity index (χ4v) is 3.54. The Morgan fingerprint density at radius 3 is 2.75 bits per heavy atom. The summed E-state index contributed by atoms with van der Waals surface area (Å²) >= 11 is 1.13. The van der Waals surface area contributed by atoms with Crippen LogP contribution in [0, 0.1) is 0 Å². The summed E-state index contributed by atoms with van der Waals surface area (Å²) < 4.78 is 21.7. The second-order valence-electron chi connectivity index (χ2n) is 2.40. The number of thioether (sulfide) groups is 1. The molecule has 1 N–H and O–H groups in total. The molecular formula is C6H8O4S2. The molecule has 0 aromatic rings. The van der Waals surface area contributed by atoms with Gasteiger partial charge in [-0.15, -0.1) is 11.8 Å². The van der Waals surface area contributed by atoms with Gasteiger partial charge in [0.2, 0.25) is 0 Å². The van der Waals surface area contributed by atoms with Gasteiger partial charge in [-0.25, -0.2) is 8.42 Å². The lowest BCUT2D eigenvalue weighted by Gasteiger charge is -2.02. The highest BCUT2D eigenvalue weighted by atomic mass is 32.2. The Hall–Kier alpha value is -0.490. The molecule has 0 aromatic carbocycles. The minimum atomic E-state index is -3.04. The van der Waals surface area contributed by atoms with Gasteiger partial charge in [0, 0.05) is 10.7 Å². The largest absolute Gasteiger partial charge is 0.481 e. The Morgan fingerprint density at radius 1 is 1.67 bits per heavy atom. The van der Waals surface area contributed by atoms with Gasteiger partial charge in [0.15, 0.2) is 9.84 Å². The molecule has 0 saturated heterocycles. The first-order chi connectivity index (χ1) is 5.49. The Balaban J connectivity index is 2.40. The predicted octanol–water partition coefficient (Wildman–Crippen LogP) is 0.115. The van der Waals surface area contributed by atoms with Crippen LogP contribution in [0.15, 0.2) is 11.5 Å². The van der Waals surface area contributed by atoms with Gasteiger partial charge >= 0.3 is 5.97 Å². The van der Waals surface area contributed by atoms with E-state index in [0.717, 1.165) is 17.2 Å². The Kier molecular flexibility index (Phi) is 2.79. The zero-order valence-corrected chi connectivity index (χ0v) is 7.77. The zero-order chi connectivity index (χ0) is 9.19. The Bertz CT molecular complexity index is 304. The van der Waals surface area contributed by atoms with Crippen LogP contribution in [-0.4, -0.2) is 36.2 Å². The maximum absolute atomic E-state index is 10.8. The van der Waals surface area contributed by atoms with Gasteiger partial charge in [-0.3, -0.25) is 4.79 Å². The second-order valence-corrected chi connectivity index (χ2v) is 5.56. The van der Waals surface area contributed by atoms with Crippen LogP contribution < -0.4 is 0 Å². The third kappa shape index (κ3) is 2.86. The first-order valence-corrected chi connectivity index (χ1v) is 6.00. The summed E-state index contributed by atoms with van der Waals surface area (Å²) in [4.78, 5) is 10.1. The van der Waals surface area contributed by atoms with Crippen LogP contribution in [0.5, 0.6) is 0 Å². The predicted molar refractivity (Wildman–Crippen MR) is 46.8 cm³/mol. The van der Waals surface area contributed by atoms with Crippen LogP contribution in [0.4, 0.5) is 0 Å². The molecule has 0 spiro atoms. The lowest BCUT2D eigenvalue weighted by atomic mass is 10.5. The molecule has 1 rings (SSSR count). The lowest BCUT2D eigenvalue weighted by molar-refractivity contribution is -0.133. The van der Waals surface area contributed by atoms with Crippen LogP contribution in [0.1, 0.15) is 0 Å². The van der Waals surface area contributed by atoms with Gasteiger partial charge in [-0.1, -0.05) is 6.08 Å². The number of rotatable bonds is 3. The summed E-state index contributed by atoms with van der Waals surface area (Å²) in [6.07, 6.45) is 1.53. The molecule has 0 amide bonds. The Labute approximate surface area is 74.6 Å². The minimum absolute atomic E-state index is 0.0327. The van der Waals surface area contributed by atoms with E-state index in [0.29, 0.717) is 0 Å². The summed E-state index contributed by atoms with van der Waals surface area (Å²) in [7, 11) is -3.04. The van der Waals surface area contributed by atoms with Crippen molar-refractivity contribution in [2.75, 3.05) is 11.5 Å². The van der Waals surface area contributed by atoms with Gasteiger partial charge < -0.3 is 5.11 Å². The minimum Gasteiger partial charge on any atom is -0.481 e. The fourth-order valence-electron chi connectivity index (χ4n) is 0.829. The summed E-state index contributed by atoms with van der Waals surface area (Å²) in [6.45, 7) is 0. The molecule has 1 heterocycles. The van der Waals surface area contributed by atoms with E-state index in [-0.39, 0.29) is 16.8 Å². The van der Waals surface area contributed by atoms with E-state index >= 15 is 0 Å². The third-order valence-corrected chi connectivity index (χ3v) is 4.09. The number of sulfone groups is 1. The molecule has 12 heavy (non-hydrogen) atoms. The molecule has 4 nitrogen and oxygen atoms in total. The number of hydrogen-bond acceptors (Lipinski definition) is 4. The maximum Gasteiger partial charge on any atom is 0.313 e. The monoisotopic (exact) mass is 208 g/mol. The number of carbonyl (C=O) groups is 1. The molecule has 1 aliphatic rings. The molecule has 68 valence electrons. The SMILES string of the molecule is O=C(O)CSC1C=CS(=O)(=O)C1. The van der Waals surface area contributed by atoms with E-state index in [2.05, 4.69) is 0 Å². The molecule has 0 aromatic heterocycles. The topological polar surface area (TPSA) is 71.4 Å². The fraction of sp³-hybridized carbons (Fsp3) is 0.500. The first-order valence-electron chi connectivity index (χ1n) is 3.24. The first kappa shape index (κ1) is 9.60. The standard InChI is InChI=1S/C6H8O4S2/c7-6(8)3-11-5-1-2-12(9,10)4-5/h1-2,5H,3-4H2,(H,7,8). The normalized spacial score (nSPS) is 25.8. The van der Waals surface area contributed by atoms with Crippen LogP contribution in [0.2, 0.25) is 0 Å². The van der Waals surface area contributed by atoms with Crippen molar-refractivity contribution in [2.45, 2.75) is 5.25 Å². The van der Waals surface area contributed by atoms with Gasteiger partial charge in [-0.2, -0.15) is 0 Å². The van der Waals surface area contributed by atoms with Crippen molar-refractivity contribution >= 4 is 27.6 Å². The molecule has 0 saturated carbocycles. The smallest absolute Gasteiger partial charge is 0.313 e. The van der Waals surface area contributed by atoms with E-state index in [1.165, 1.54) is 6.08 Å². The average Bonchev–Trinajstić information content (AvgIpc) is 2.26. The number of hydrogen-bond donors (Lipinski definition) is 1. The molecule has 1 unspecified atom stereocenters. The average molecular weight is 208 g/mol. The highest BCUT2D eigenvalue weighted by Gasteiger charge is 2.22. The maximum atomic E-state index is 10.8. The number of carboxylic acids is 1. The van der Waals surface area contributed by atoms with Crippen molar-refractivity contribution in [1.29, 1.82) is 0 Å².